The molecular formula is C88H72N6. The fourth-order valence-corrected chi connectivity index (χ4v) is 15.8. The van der Waals surface area contributed by atoms with Gasteiger partial charge in [-0.2, -0.15) is 5.26 Å². The predicted molar refractivity (Wildman–Crippen MR) is 394 cm³/mol. The highest BCUT2D eigenvalue weighted by Gasteiger charge is 2.26. The van der Waals surface area contributed by atoms with Crippen molar-refractivity contribution < 1.29 is 0 Å². The maximum absolute atomic E-state index is 11.1. The van der Waals surface area contributed by atoms with Crippen LogP contribution in [0, 0.1) is 94.4 Å². The minimum Gasteiger partial charge on any atom is -0.309 e. The van der Waals surface area contributed by atoms with E-state index < -0.39 is 0 Å². The zero-order valence-electron chi connectivity index (χ0n) is 55.5. The number of nitrogens with zero attached hydrogens (tertiary/aromatic N) is 6. The van der Waals surface area contributed by atoms with Gasteiger partial charge in [-0.1, -0.05) is 168 Å². The van der Waals surface area contributed by atoms with E-state index >= 15 is 0 Å². The molecule has 0 aliphatic carbocycles. The SMILES string of the molecule is Cc1cc(C)c(-c2ccc3c(c2)c2cc(-c4c(C)cc(C)cc4C)ccc2n3-c2ccc(C#N)cc2-c2ccc(-c3nc(-c4ccccc4)nc(-c4ccccc4)n3)cc2-n2c3ccc(-c4c(C)cc(C)cc4C)cc3c3cc(-c4c(C)cc(C)cc4C)ccc32)c(C)c1. The van der Waals surface area contributed by atoms with Crippen LogP contribution >= 0.6 is 0 Å². The average Bonchev–Trinajstić information content (AvgIpc) is 1.55. The molecule has 94 heavy (non-hydrogen) atoms. The van der Waals surface area contributed by atoms with Crippen LogP contribution in [0.4, 0.5) is 0 Å². The molecule has 0 aliphatic rings. The Labute approximate surface area is 550 Å². The van der Waals surface area contributed by atoms with E-state index in [0.717, 1.165) is 93.9 Å². The summed E-state index contributed by atoms with van der Waals surface area (Å²) >= 11 is 0. The summed E-state index contributed by atoms with van der Waals surface area (Å²) in [5.41, 5.74) is 35.7. The minimum absolute atomic E-state index is 0.541. The van der Waals surface area contributed by atoms with Crippen molar-refractivity contribution in [3.63, 3.8) is 0 Å². The number of fused-ring (bicyclic) bond motifs is 6. The Balaban J connectivity index is 1.05. The number of benzene rings is 12. The van der Waals surface area contributed by atoms with E-state index in [1.807, 2.05) is 42.5 Å². The van der Waals surface area contributed by atoms with Crippen LogP contribution in [0.3, 0.4) is 0 Å². The Bertz CT molecular complexity index is 5310. The van der Waals surface area contributed by atoms with E-state index in [1.165, 1.54) is 100 Å². The summed E-state index contributed by atoms with van der Waals surface area (Å²) < 4.78 is 4.88. The maximum Gasteiger partial charge on any atom is 0.164 e. The van der Waals surface area contributed by atoms with E-state index in [0.29, 0.717) is 23.0 Å². The molecule has 0 aliphatic heterocycles. The molecular weight excluding hydrogens is 1140 g/mol. The predicted octanol–water partition coefficient (Wildman–Crippen LogP) is 23.0. The molecule has 3 aromatic heterocycles. The van der Waals surface area contributed by atoms with E-state index in [9.17, 15) is 5.26 Å². The zero-order valence-corrected chi connectivity index (χ0v) is 55.5. The Morgan fingerprint density at radius 3 is 0.904 bits per heavy atom. The molecule has 0 spiro atoms. The van der Waals surface area contributed by atoms with Crippen molar-refractivity contribution >= 4 is 43.6 Å². The molecule has 0 amide bonds. The van der Waals surface area contributed by atoms with Crippen LogP contribution in [0.1, 0.15) is 72.3 Å². The molecule has 0 unspecified atom stereocenters. The first-order valence-electron chi connectivity index (χ1n) is 32.5. The van der Waals surface area contributed by atoms with Crippen LogP contribution in [0.2, 0.25) is 0 Å². The molecule has 3 heterocycles. The van der Waals surface area contributed by atoms with Gasteiger partial charge in [0.1, 0.15) is 0 Å². The quantitative estimate of drug-likeness (QED) is 0.137. The summed E-state index contributed by atoms with van der Waals surface area (Å²) in [4.78, 5) is 15.8. The van der Waals surface area contributed by atoms with Crippen molar-refractivity contribution in [2.75, 3.05) is 0 Å². The Morgan fingerprint density at radius 1 is 0.266 bits per heavy atom. The molecule has 0 N–H and O–H groups in total. The van der Waals surface area contributed by atoms with Gasteiger partial charge < -0.3 is 9.13 Å². The van der Waals surface area contributed by atoms with Crippen molar-refractivity contribution in [3.05, 3.63) is 291 Å². The molecule has 0 atom stereocenters. The van der Waals surface area contributed by atoms with Crippen molar-refractivity contribution in [1.82, 2.24) is 24.1 Å². The van der Waals surface area contributed by atoms with Gasteiger partial charge in [0.15, 0.2) is 17.5 Å². The third kappa shape index (κ3) is 10.2. The molecule has 0 fully saturated rings. The minimum atomic E-state index is 0.541. The fraction of sp³-hybridized carbons (Fsp3) is 0.136. The topological polar surface area (TPSA) is 72.3 Å². The molecule has 6 nitrogen and oxygen atoms in total. The van der Waals surface area contributed by atoms with Gasteiger partial charge in [-0.05, 0) is 245 Å². The van der Waals surface area contributed by atoms with Crippen molar-refractivity contribution in [1.29, 1.82) is 5.26 Å². The lowest BCUT2D eigenvalue weighted by Crippen LogP contribution is -2.04. The van der Waals surface area contributed by atoms with E-state index in [-0.39, 0.29) is 0 Å². The first kappa shape index (κ1) is 59.1. The number of hydrogen-bond acceptors (Lipinski definition) is 4. The molecule has 6 heteroatoms. The van der Waals surface area contributed by atoms with E-state index in [2.05, 4.69) is 274 Å². The molecule has 12 aromatic carbocycles. The fourth-order valence-electron chi connectivity index (χ4n) is 15.8. The molecule has 0 saturated carbocycles. The van der Waals surface area contributed by atoms with Gasteiger partial charge in [-0.25, -0.2) is 15.0 Å². The second-order valence-electron chi connectivity index (χ2n) is 26.3. The summed E-state index contributed by atoms with van der Waals surface area (Å²) in [5.74, 6) is 1.70. The zero-order chi connectivity index (χ0) is 65.0. The summed E-state index contributed by atoms with van der Waals surface area (Å²) in [7, 11) is 0. The number of aryl methyl sites for hydroxylation is 12. The van der Waals surface area contributed by atoms with Gasteiger partial charge >= 0.3 is 0 Å². The van der Waals surface area contributed by atoms with Gasteiger partial charge in [0.05, 0.1) is 45.1 Å². The third-order valence-corrected chi connectivity index (χ3v) is 19.2. The lowest BCUT2D eigenvalue weighted by molar-refractivity contribution is 1.07. The first-order valence-corrected chi connectivity index (χ1v) is 32.5. The number of rotatable bonds is 10. The van der Waals surface area contributed by atoms with E-state index in [1.54, 1.807) is 0 Å². The highest BCUT2D eigenvalue weighted by atomic mass is 15.0. The third-order valence-electron chi connectivity index (χ3n) is 19.2. The summed E-state index contributed by atoms with van der Waals surface area (Å²) in [5, 5.41) is 15.7. The van der Waals surface area contributed by atoms with E-state index in [4.69, 9.17) is 15.0 Å². The van der Waals surface area contributed by atoms with Crippen LogP contribution < -0.4 is 0 Å². The normalized spacial score (nSPS) is 11.6. The van der Waals surface area contributed by atoms with Gasteiger partial charge in [0.25, 0.3) is 0 Å². The van der Waals surface area contributed by atoms with Crippen LogP contribution in [0.25, 0.3) is 145 Å². The Morgan fingerprint density at radius 2 is 0.574 bits per heavy atom. The molecule has 454 valence electrons. The lowest BCUT2D eigenvalue weighted by Gasteiger charge is -2.20. The number of nitriles is 1. The summed E-state index contributed by atoms with van der Waals surface area (Å²) in [6.07, 6.45) is 0. The largest absolute Gasteiger partial charge is 0.309 e. The molecule has 0 bridgehead atoms. The maximum atomic E-state index is 11.1. The average molecular weight is 1210 g/mol. The van der Waals surface area contributed by atoms with Crippen LogP contribution in [-0.4, -0.2) is 24.1 Å². The Hall–Kier alpha value is -11.3. The van der Waals surface area contributed by atoms with Crippen molar-refractivity contribution in [2.24, 2.45) is 0 Å². The lowest BCUT2D eigenvalue weighted by atomic mass is 9.91. The number of hydrogen-bond donors (Lipinski definition) is 0. The second kappa shape index (κ2) is 23.1. The summed E-state index contributed by atoms with van der Waals surface area (Å²) in [6, 6.07) is 82.2. The van der Waals surface area contributed by atoms with Gasteiger partial charge in [-0.3, -0.25) is 0 Å². The summed E-state index contributed by atoms with van der Waals surface area (Å²) in [6.45, 7) is 26.6. The second-order valence-corrected chi connectivity index (χ2v) is 26.3. The molecule has 0 saturated heterocycles. The van der Waals surface area contributed by atoms with Crippen molar-refractivity contribution in [2.45, 2.75) is 83.1 Å². The monoisotopic (exact) mass is 1210 g/mol. The highest BCUT2D eigenvalue weighted by Crippen LogP contribution is 2.47. The highest BCUT2D eigenvalue weighted by molar-refractivity contribution is 6.14. The number of aromatic nitrogens is 5. The smallest absolute Gasteiger partial charge is 0.164 e. The Kier molecular flexibility index (Phi) is 14.5. The molecule has 15 aromatic rings. The van der Waals surface area contributed by atoms with Crippen LogP contribution in [0.15, 0.2) is 218 Å². The van der Waals surface area contributed by atoms with Crippen LogP contribution in [-0.2, 0) is 0 Å². The van der Waals surface area contributed by atoms with Gasteiger partial charge in [0.2, 0.25) is 0 Å². The van der Waals surface area contributed by atoms with Crippen LogP contribution in [0.5, 0.6) is 0 Å². The van der Waals surface area contributed by atoms with Gasteiger partial charge in [-0.15, -0.1) is 0 Å². The standard InChI is InChI=1S/C88H72N6/c1-50-35-54(5)82(55(6)36-50)65-25-31-77-72(44-65)73-45-66(83-56(7)37-51(2)38-57(83)8)26-32-78(73)93(77)76-30-23-62(49-89)43-71(76)70-29-24-69(88-91-86(63-19-15-13-16-20-63)90-87(92-88)64-21-17-14-18-22-64)48-81(70)94-79-33-27-67(84-58(9)39-52(3)40-59(84)10)46-74(79)75-47-68(28-34-80(75)94)85-60(11)41-53(4)42-61(85)12/h13-48H,1-12H3. The van der Waals surface area contributed by atoms with Gasteiger partial charge in [0, 0.05) is 49.4 Å². The molecule has 15 rings (SSSR count). The molecule has 0 radical (unpaired) electrons. The van der Waals surface area contributed by atoms with Crippen molar-refractivity contribution in [3.8, 4) is 107 Å². The first-order chi connectivity index (χ1) is 45.5.